The standard InChI is InChI=1S/C16H16ClN3O/c1-11(19-15-7-8-16(17)20-12(15)2)13-3-5-14(6-4-13)21-10-9-18/h3-8,11,19H,10H2,1-2H3. The van der Waals surface area contributed by atoms with Crippen molar-refractivity contribution < 1.29 is 4.74 Å². The average molecular weight is 302 g/mol. The van der Waals surface area contributed by atoms with E-state index in [9.17, 15) is 0 Å². The number of hydrogen-bond acceptors (Lipinski definition) is 4. The Hall–Kier alpha value is -2.25. The van der Waals surface area contributed by atoms with E-state index in [0.29, 0.717) is 10.9 Å². The maximum absolute atomic E-state index is 8.48. The Morgan fingerprint density at radius 2 is 2.00 bits per heavy atom. The quantitative estimate of drug-likeness (QED) is 0.844. The van der Waals surface area contributed by atoms with Crippen molar-refractivity contribution in [3.05, 3.63) is 52.8 Å². The lowest BCUT2D eigenvalue weighted by Gasteiger charge is -2.17. The normalized spacial score (nSPS) is 11.5. The molecule has 2 rings (SSSR count). The number of ether oxygens (including phenoxy) is 1. The van der Waals surface area contributed by atoms with Crippen LogP contribution in [0.1, 0.15) is 24.2 Å². The zero-order valence-electron chi connectivity index (χ0n) is 11.9. The minimum atomic E-state index is 0.0583. The zero-order valence-corrected chi connectivity index (χ0v) is 12.7. The Bertz CT molecular complexity index is 650. The van der Waals surface area contributed by atoms with Gasteiger partial charge in [-0.15, -0.1) is 0 Å². The van der Waals surface area contributed by atoms with Gasteiger partial charge in [-0.1, -0.05) is 23.7 Å². The Morgan fingerprint density at radius 3 is 2.62 bits per heavy atom. The summed E-state index contributed by atoms with van der Waals surface area (Å²) < 4.78 is 5.23. The number of nitrogens with zero attached hydrogens (tertiary/aromatic N) is 2. The molecule has 0 aliphatic rings. The smallest absolute Gasteiger partial charge is 0.174 e. The highest BCUT2D eigenvalue weighted by molar-refractivity contribution is 6.29. The topological polar surface area (TPSA) is 57.9 Å². The number of anilines is 1. The minimum absolute atomic E-state index is 0.0583. The summed E-state index contributed by atoms with van der Waals surface area (Å²) in [5.74, 6) is 0.692. The van der Waals surface area contributed by atoms with E-state index in [1.807, 2.05) is 43.3 Å². The predicted octanol–water partition coefficient (Wildman–Crippen LogP) is 4.12. The largest absolute Gasteiger partial charge is 0.479 e. The molecule has 0 aliphatic heterocycles. The molecule has 0 saturated heterocycles. The molecule has 0 bridgehead atoms. The van der Waals surface area contributed by atoms with Gasteiger partial charge in [-0.2, -0.15) is 5.26 Å². The number of aromatic nitrogens is 1. The summed E-state index contributed by atoms with van der Waals surface area (Å²) in [6, 6.07) is 13.4. The van der Waals surface area contributed by atoms with Crippen molar-refractivity contribution in [2.75, 3.05) is 11.9 Å². The van der Waals surface area contributed by atoms with E-state index in [1.165, 1.54) is 0 Å². The third-order valence-corrected chi connectivity index (χ3v) is 3.32. The molecular weight excluding hydrogens is 286 g/mol. The highest BCUT2D eigenvalue weighted by atomic mass is 35.5. The van der Waals surface area contributed by atoms with Crippen molar-refractivity contribution in [1.29, 1.82) is 5.26 Å². The molecular formula is C16H16ClN3O. The summed E-state index contributed by atoms with van der Waals surface area (Å²) in [4.78, 5) is 4.22. The molecule has 1 atom stereocenters. The van der Waals surface area contributed by atoms with Crippen molar-refractivity contribution in [2.24, 2.45) is 0 Å². The summed E-state index contributed by atoms with van der Waals surface area (Å²) in [7, 11) is 0. The van der Waals surface area contributed by atoms with E-state index >= 15 is 0 Å². The first-order valence-corrected chi connectivity index (χ1v) is 6.97. The summed E-state index contributed by atoms with van der Waals surface area (Å²) in [6.45, 7) is 4.04. The summed E-state index contributed by atoms with van der Waals surface area (Å²) in [5, 5.41) is 12.4. The van der Waals surface area contributed by atoms with Crippen LogP contribution in [0.3, 0.4) is 0 Å². The lowest BCUT2D eigenvalue weighted by atomic mass is 10.1. The summed E-state index contributed by atoms with van der Waals surface area (Å²) >= 11 is 5.85. The number of hydrogen-bond donors (Lipinski definition) is 1. The molecule has 2 aromatic rings. The molecule has 5 heteroatoms. The van der Waals surface area contributed by atoms with Gasteiger partial charge in [0.05, 0.1) is 11.4 Å². The first-order valence-electron chi connectivity index (χ1n) is 6.59. The zero-order chi connectivity index (χ0) is 15.2. The first-order chi connectivity index (χ1) is 10.1. The van der Waals surface area contributed by atoms with Gasteiger partial charge in [0, 0.05) is 6.04 Å². The Balaban J connectivity index is 2.06. The first kappa shape index (κ1) is 15.1. The van der Waals surface area contributed by atoms with Crippen LogP contribution < -0.4 is 10.1 Å². The fourth-order valence-electron chi connectivity index (χ4n) is 1.97. The molecule has 1 aromatic carbocycles. The molecule has 4 nitrogen and oxygen atoms in total. The highest BCUT2D eigenvalue weighted by Crippen LogP contribution is 2.24. The fourth-order valence-corrected chi connectivity index (χ4v) is 2.16. The number of nitrogens with one attached hydrogen (secondary N) is 1. The molecule has 0 radical (unpaired) electrons. The molecule has 0 saturated carbocycles. The van der Waals surface area contributed by atoms with E-state index in [-0.39, 0.29) is 12.6 Å². The van der Waals surface area contributed by atoms with Crippen molar-refractivity contribution in [3.63, 3.8) is 0 Å². The molecule has 1 aromatic heterocycles. The molecule has 108 valence electrons. The second-order valence-electron chi connectivity index (χ2n) is 4.65. The SMILES string of the molecule is Cc1nc(Cl)ccc1NC(C)c1ccc(OCC#N)cc1. The summed E-state index contributed by atoms with van der Waals surface area (Å²) in [5.41, 5.74) is 2.94. The Morgan fingerprint density at radius 1 is 1.29 bits per heavy atom. The predicted molar refractivity (Wildman–Crippen MR) is 83.6 cm³/mol. The number of pyridine rings is 1. The highest BCUT2D eigenvalue weighted by Gasteiger charge is 2.08. The van der Waals surface area contributed by atoms with Gasteiger partial charge in [0.1, 0.15) is 17.0 Å². The van der Waals surface area contributed by atoms with E-state index in [0.717, 1.165) is 16.9 Å². The van der Waals surface area contributed by atoms with Gasteiger partial charge in [0.2, 0.25) is 0 Å². The molecule has 0 spiro atoms. The van der Waals surface area contributed by atoms with Crippen LogP contribution in [-0.4, -0.2) is 11.6 Å². The number of rotatable bonds is 5. The third kappa shape index (κ3) is 4.11. The number of aryl methyl sites for hydroxylation is 1. The van der Waals surface area contributed by atoms with Crippen molar-refractivity contribution in [1.82, 2.24) is 4.98 Å². The van der Waals surface area contributed by atoms with Gasteiger partial charge < -0.3 is 10.1 Å². The lowest BCUT2D eigenvalue weighted by molar-refractivity contribution is 0.368. The number of halogens is 1. The number of benzene rings is 1. The third-order valence-electron chi connectivity index (χ3n) is 3.11. The molecule has 1 unspecified atom stereocenters. The molecule has 0 aliphatic carbocycles. The fraction of sp³-hybridized carbons (Fsp3) is 0.250. The van der Waals surface area contributed by atoms with Gasteiger partial charge in [-0.05, 0) is 43.7 Å². The molecule has 1 N–H and O–H groups in total. The van der Waals surface area contributed by atoms with Crippen LogP contribution in [0.25, 0.3) is 0 Å². The van der Waals surface area contributed by atoms with Crippen molar-refractivity contribution in [2.45, 2.75) is 19.9 Å². The van der Waals surface area contributed by atoms with Gasteiger partial charge in [0.25, 0.3) is 0 Å². The van der Waals surface area contributed by atoms with Crippen molar-refractivity contribution in [3.8, 4) is 11.8 Å². The van der Waals surface area contributed by atoms with Gasteiger partial charge >= 0.3 is 0 Å². The van der Waals surface area contributed by atoms with E-state index in [4.69, 9.17) is 21.6 Å². The van der Waals surface area contributed by atoms with Crippen molar-refractivity contribution >= 4 is 17.3 Å². The van der Waals surface area contributed by atoms with Crippen LogP contribution in [0, 0.1) is 18.3 Å². The average Bonchev–Trinajstić information content (AvgIpc) is 2.48. The maximum Gasteiger partial charge on any atom is 0.174 e. The summed E-state index contributed by atoms with van der Waals surface area (Å²) in [6.07, 6.45) is 0. The van der Waals surface area contributed by atoms with Crippen LogP contribution in [-0.2, 0) is 0 Å². The molecule has 21 heavy (non-hydrogen) atoms. The van der Waals surface area contributed by atoms with Crippen LogP contribution in [0.4, 0.5) is 5.69 Å². The van der Waals surface area contributed by atoms with E-state index < -0.39 is 0 Å². The second kappa shape index (κ2) is 6.96. The van der Waals surface area contributed by atoms with Gasteiger partial charge in [0.15, 0.2) is 6.61 Å². The van der Waals surface area contributed by atoms with Crippen LogP contribution in [0.2, 0.25) is 5.15 Å². The van der Waals surface area contributed by atoms with Gasteiger partial charge in [-0.3, -0.25) is 0 Å². The van der Waals surface area contributed by atoms with E-state index in [1.54, 1.807) is 6.07 Å². The molecule has 0 amide bonds. The Labute approximate surface area is 129 Å². The minimum Gasteiger partial charge on any atom is -0.479 e. The second-order valence-corrected chi connectivity index (χ2v) is 5.04. The number of nitriles is 1. The van der Waals surface area contributed by atoms with Crippen LogP contribution in [0.15, 0.2) is 36.4 Å². The Kier molecular flexibility index (Phi) is 5.02. The molecule has 1 heterocycles. The van der Waals surface area contributed by atoms with Crippen LogP contribution >= 0.6 is 11.6 Å². The maximum atomic E-state index is 8.48. The van der Waals surface area contributed by atoms with Gasteiger partial charge in [-0.25, -0.2) is 4.98 Å². The van der Waals surface area contributed by atoms with Crippen LogP contribution in [0.5, 0.6) is 5.75 Å². The lowest BCUT2D eigenvalue weighted by Crippen LogP contribution is -2.08. The monoisotopic (exact) mass is 301 g/mol. The molecule has 0 fully saturated rings. The van der Waals surface area contributed by atoms with E-state index in [2.05, 4.69) is 17.2 Å².